The van der Waals surface area contributed by atoms with Crippen LogP contribution in [0.1, 0.15) is 22.8 Å². The number of aromatic nitrogens is 2. The van der Waals surface area contributed by atoms with Crippen LogP contribution in [0.3, 0.4) is 0 Å². The second-order valence-corrected chi connectivity index (χ2v) is 6.93. The molecule has 0 radical (unpaired) electrons. The number of carbonyl (C=O) groups excluding carboxylic acids is 2. The van der Waals surface area contributed by atoms with E-state index in [2.05, 4.69) is 20.6 Å². The molecule has 2 aromatic rings. The van der Waals surface area contributed by atoms with Gasteiger partial charge in [0.1, 0.15) is 11.6 Å². The Morgan fingerprint density at radius 1 is 1.22 bits per heavy atom. The third-order valence-corrected chi connectivity index (χ3v) is 4.39. The van der Waals surface area contributed by atoms with Gasteiger partial charge in [-0.1, -0.05) is 0 Å². The van der Waals surface area contributed by atoms with Gasteiger partial charge in [-0.15, -0.1) is 0 Å². The highest BCUT2D eigenvalue weighted by atomic mass is 19.4. The van der Waals surface area contributed by atoms with Crippen LogP contribution < -0.4 is 20.3 Å². The molecule has 3 heterocycles. The highest BCUT2D eigenvalue weighted by Crippen LogP contribution is 2.24. The van der Waals surface area contributed by atoms with E-state index in [1.54, 1.807) is 6.07 Å². The van der Waals surface area contributed by atoms with Crippen LogP contribution in [-0.4, -0.2) is 60.9 Å². The summed E-state index contributed by atoms with van der Waals surface area (Å²) in [5.74, 6) is -0.227. The Kier molecular flexibility index (Phi) is 7.46. The fourth-order valence-electron chi connectivity index (χ4n) is 2.98. The number of hydrogen-bond acceptors (Lipinski definition) is 7. The largest absolute Gasteiger partial charge is 0.468 e. The molecule has 2 amide bonds. The number of carbonyl (C=O) groups is 2. The lowest BCUT2D eigenvalue weighted by Gasteiger charge is -2.29. The van der Waals surface area contributed by atoms with Gasteiger partial charge in [0.2, 0.25) is 11.8 Å². The average molecular weight is 453 g/mol. The molecule has 0 saturated carbocycles. The minimum Gasteiger partial charge on any atom is -0.468 e. The van der Waals surface area contributed by atoms with E-state index >= 15 is 0 Å². The number of alkyl halides is 3. The van der Waals surface area contributed by atoms with Crippen LogP contribution in [0.15, 0.2) is 30.5 Å². The summed E-state index contributed by atoms with van der Waals surface area (Å²) < 4.78 is 47.6. The molecule has 1 saturated heterocycles. The Balaban J connectivity index is 1.74. The second-order valence-electron chi connectivity index (χ2n) is 6.93. The molecule has 0 spiro atoms. The summed E-state index contributed by atoms with van der Waals surface area (Å²) in [4.78, 5) is 33.8. The van der Waals surface area contributed by atoms with Crippen molar-refractivity contribution in [1.29, 1.82) is 0 Å². The first-order chi connectivity index (χ1) is 15.2. The number of anilines is 2. The first kappa shape index (κ1) is 23.3. The molecule has 2 aromatic heterocycles. The summed E-state index contributed by atoms with van der Waals surface area (Å²) in [7, 11) is 0. The zero-order chi connectivity index (χ0) is 23.1. The summed E-state index contributed by atoms with van der Waals surface area (Å²) in [6, 6.07) is 5.83. The number of amides is 2. The standard InChI is InChI=1S/C20H22F3N5O4/c1-13(29)26-16-10-14(4-5-24-16)19(30)25-11-15-2-3-17(32-12-20(21,22)23)27-18(15)28-6-8-31-9-7-28/h2-5,10H,6-9,11-12H2,1H3,(H,25,30)(H,24,26,29). The molecule has 0 aromatic carbocycles. The topological polar surface area (TPSA) is 106 Å². The molecule has 3 rings (SSSR count). The van der Waals surface area contributed by atoms with Gasteiger partial charge in [-0.2, -0.15) is 18.2 Å². The third kappa shape index (κ3) is 6.80. The predicted molar refractivity (Wildman–Crippen MR) is 109 cm³/mol. The lowest BCUT2D eigenvalue weighted by atomic mass is 10.2. The maximum atomic E-state index is 12.6. The van der Waals surface area contributed by atoms with Crippen molar-refractivity contribution in [3.8, 4) is 5.88 Å². The molecule has 1 aliphatic rings. The maximum absolute atomic E-state index is 12.6. The smallest absolute Gasteiger partial charge is 0.422 e. The zero-order valence-electron chi connectivity index (χ0n) is 17.2. The summed E-state index contributed by atoms with van der Waals surface area (Å²) in [6.45, 7) is 1.86. The highest BCUT2D eigenvalue weighted by molar-refractivity contribution is 5.96. The average Bonchev–Trinajstić information content (AvgIpc) is 2.76. The van der Waals surface area contributed by atoms with Gasteiger partial charge in [0, 0.05) is 49.9 Å². The lowest BCUT2D eigenvalue weighted by Crippen LogP contribution is -2.38. The van der Waals surface area contributed by atoms with E-state index in [0.717, 1.165) is 0 Å². The Morgan fingerprint density at radius 3 is 2.66 bits per heavy atom. The van der Waals surface area contributed by atoms with E-state index < -0.39 is 18.7 Å². The van der Waals surface area contributed by atoms with Gasteiger partial charge in [0.05, 0.1) is 13.2 Å². The van der Waals surface area contributed by atoms with Crippen molar-refractivity contribution in [3.63, 3.8) is 0 Å². The van der Waals surface area contributed by atoms with Crippen molar-refractivity contribution < 1.29 is 32.2 Å². The second kappa shape index (κ2) is 10.3. The Morgan fingerprint density at radius 2 is 1.97 bits per heavy atom. The molecule has 0 bridgehead atoms. The quantitative estimate of drug-likeness (QED) is 0.662. The van der Waals surface area contributed by atoms with Crippen LogP contribution >= 0.6 is 0 Å². The van der Waals surface area contributed by atoms with Gasteiger partial charge in [-0.05, 0) is 18.2 Å². The number of morpholine rings is 1. The normalized spacial score (nSPS) is 14.1. The SMILES string of the molecule is CC(=O)Nc1cc(C(=O)NCc2ccc(OCC(F)(F)F)nc2N2CCOCC2)ccn1. The molecular weight excluding hydrogens is 431 g/mol. The molecule has 0 atom stereocenters. The number of hydrogen-bond donors (Lipinski definition) is 2. The molecule has 12 heteroatoms. The van der Waals surface area contributed by atoms with Crippen molar-refractivity contribution >= 4 is 23.5 Å². The zero-order valence-corrected chi connectivity index (χ0v) is 17.2. The van der Waals surface area contributed by atoms with E-state index in [1.807, 2.05) is 4.90 Å². The van der Waals surface area contributed by atoms with Gasteiger partial charge >= 0.3 is 6.18 Å². The lowest BCUT2D eigenvalue weighted by molar-refractivity contribution is -0.154. The fourth-order valence-corrected chi connectivity index (χ4v) is 2.98. The van der Waals surface area contributed by atoms with Crippen LogP contribution in [0, 0.1) is 0 Å². The first-order valence-electron chi connectivity index (χ1n) is 9.75. The molecule has 2 N–H and O–H groups in total. The Hall–Kier alpha value is -3.41. The molecule has 0 unspecified atom stereocenters. The molecular formula is C20H22F3N5O4. The molecule has 32 heavy (non-hydrogen) atoms. The summed E-state index contributed by atoms with van der Waals surface area (Å²) in [5, 5.41) is 5.26. The van der Waals surface area contributed by atoms with E-state index in [-0.39, 0.29) is 29.7 Å². The summed E-state index contributed by atoms with van der Waals surface area (Å²) in [6.07, 6.45) is -3.08. The third-order valence-electron chi connectivity index (χ3n) is 4.39. The predicted octanol–water partition coefficient (Wildman–Crippen LogP) is 2.14. The number of nitrogens with zero attached hydrogens (tertiary/aromatic N) is 3. The molecule has 1 fully saturated rings. The number of nitrogens with one attached hydrogen (secondary N) is 2. The Labute approximate surface area is 181 Å². The molecule has 9 nitrogen and oxygen atoms in total. The van der Waals surface area contributed by atoms with Crippen molar-refractivity contribution in [2.24, 2.45) is 0 Å². The fraction of sp³-hybridized carbons (Fsp3) is 0.400. The molecule has 172 valence electrons. The first-order valence-corrected chi connectivity index (χ1v) is 9.75. The minimum atomic E-state index is -4.48. The van der Waals surface area contributed by atoms with Gasteiger partial charge in [-0.25, -0.2) is 4.98 Å². The van der Waals surface area contributed by atoms with Crippen LogP contribution in [0.5, 0.6) is 5.88 Å². The van der Waals surface area contributed by atoms with E-state index in [9.17, 15) is 22.8 Å². The van der Waals surface area contributed by atoms with Crippen molar-refractivity contribution in [1.82, 2.24) is 15.3 Å². The van der Waals surface area contributed by atoms with Gasteiger partial charge in [-0.3, -0.25) is 9.59 Å². The summed E-state index contributed by atoms with van der Waals surface area (Å²) >= 11 is 0. The molecule has 0 aliphatic carbocycles. The van der Waals surface area contributed by atoms with Crippen molar-refractivity contribution in [3.05, 3.63) is 41.6 Å². The van der Waals surface area contributed by atoms with E-state index in [4.69, 9.17) is 9.47 Å². The van der Waals surface area contributed by atoms with Gasteiger partial charge in [0.15, 0.2) is 6.61 Å². The Bertz CT molecular complexity index is 964. The van der Waals surface area contributed by atoms with Crippen LogP contribution in [0.4, 0.5) is 24.8 Å². The van der Waals surface area contributed by atoms with Gasteiger partial charge < -0.3 is 25.0 Å². The van der Waals surface area contributed by atoms with Crippen molar-refractivity contribution in [2.45, 2.75) is 19.6 Å². The van der Waals surface area contributed by atoms with Crippen LogP contribution in [0.25, 0.3) is 0 Å². The summed E-state index contributed by atoms with van der Waals surface area (Å²) in [5.41, 5.74) is 0.894. The number of halogens is 3. The number of ether oxygens (including phenoxy) is 2. The maximum Gasteiger partial charge on any atom is 0.422 e. The van der Waals surface area contributed by atoms with E-state index in [1.165, 1.54) is 31.3 Å². The molecule has 1 aliphatic heterocycles. The number of rotatable bonds is 7. The van der Waals surface area contributed by atoms with Crippen LogP contribution in [-0.2, 0) is 16.1 Å². The monoisotopic (exact) mass is 453 g/mol. The van der Waals surface area contributed by atoms with E-state index in [0.29, 0.717) is 37.7 Å². The highest BCUT2D eigenvalue weighted by Gasteiger charge is 2.29. The van der Waals surface area contributed by atoms with Crippen molar-refractivity contribution in [2.75, 3.05) is 43.1 Å². The number of pyridine rings is 2. The van der Waals surface area contributed by atoms with Crippen LogP contribution in [0.2, 0.25) is 0 Å². The minimum absolute atomic E-state index is 0.0792. The van der Waals surface area contributed by atoms with Gasteiger partial charge in [0.25, 0.3) is 5.91 Å².